The molecule has 8 heteroatoms. The summed E-state index contributed by atoms with van der Waals surface area (Å²) in [5.41, 5.74) is 0.0171. The van der Waals surface area contributed by atoms with Crippen molar-refractivity contribution in [1.82, 2.24) is 5.32 Å². The maximum absolute atomic E-state index is 13.3. The predicted molar refractivity (Wildman–Crippen MR) is 76.5 cm³/mol. The van der Waals surface area contributed by atoms with Gasteiger partial charge in [0.2, 0.25) is 11.8 Å². The Hall–Kier alpha value is -2.06. The summed E-state index contributed by atoms with van der Waals surface area (Å²) in [5.74, 6) is -3.06. The molecule has 1 atom stereocenters. The predicted octanol–water partition coefficient (Wildman–Crippen LogP) is 1.24. The van der Waals surface area contributed by atoms with Crippen molar-refractivity contribution in [2.24, 2.45) is 0 Å². The van der Waals surface area contributed by atoms with Gasteiger partial charge in [0.1, 0.15) is 0 Å². The molecule has 2 amide bonds. The number of anilines is 2. The van der Waals surface area contributed by atoms with Gasteiger partial charge in [-0.1, -0.05) is 0 Å². The number of rotatable bonds is 4. The molecule has 1 aliphatic rings. The van der Waals surface area contributed by atoms with Crippen molar-refractivity contribution in [2.75, 3.05) is 30.4 Å². The molecule has 0 bridgehead atoms. The van der Waals surface area contributed by atoms with E-state index in [1.54, 1.807) is 0 Å². The fourth-order valence-electron chi connectivity index (χ4n) is 2.12. The first-order chi connectivity index (χ1) is 10.5. The first-order valence-electron chi connectivity index (χ1n) is 6.83. The minimum atomic E-state index is -1.11. The zero-order valence-corrected chi connectivity index (χ0v) is 12.0. The van der Waals surface area contributed by atoms with Crippen LogP contribution >= 0.6 is 0 Å². The van der Waals surface area contributed by atoms with E-state index in [1.165, 1.54) is 6.92 Å². The van der Waals surface area contributed by atoms with Crippen LogP contribution in [0.3, 0.4) is 0 Å². The van der Waals surface area contributed by atoms with Gasteiger partial charge in [-0.15, -0.1) is 0 Å². The van der Waals surface area contributed by atoms with Crippen LogP contribution in [-0.4, -0.2) is 37.6 Å². The first-order valence-corrected chi connectivity index (χ1v) is 6.83. The molecule has 3 N–H and O–H groups in total. The van der Waals surface area contributed by atoms with E-state index in [-0.39, 0.29) is 29.7 Å². The van der Waals surface area contributed by atoms with Gasteiger partial charge in [0.25, 0.3) is 0 Å². The summed E-state index contributed by atoms with van der Waals surface area (Å²) in [5, 5.41) is 7.94. The van der Waals surface area contributed by atoms with E-state index in [0.717, 1.165) is 12.1 Å². The fourth-order valence-corrected chi connectivity index (χ4v) is 2.12. The van der Waals surface area contributed by atoms with E-state index < -0.39 is 17.5 Å². The van der Waals surface area contributed by atoms with Crippen LogP contribution < -0.4 is 16.0 Å². The number of hydrogen-bond donors (Lipinski definition) is 3. The summed E-state index contributed by atoms with van der Waals surface area (Å²) >= 11 is 0. The van der Waals surface area contributed by atoms with E-state index in [4.69, 9.17) is 4.74 Å². The summed E-state index contributed by atoms with van der Waals surface area (Å²) in [7, 11) is 0. The molecule has 6 nitrogen and oxygen atoms in total. The lowest BCUT2D eigenvalue weighted by Crippen LogP contribution is -2.43. The Bertz CT molecular complexity index is 575. The number of amides is 2. The van der Waals surface area contributed by atoms with E-state index in [0.29, 0.717) is 19.8 Å². The maximum atomic E-state index is 13.3. The minimum Gasteiger partial charge on any atom is -0.378 e. The number of halogens is 2. The molecule has 0 spiro atoms. The summed E-state index contributed by atoms with van der Waals surface area (Å²) < 4.78 is 31.8. The normalized spacial score (nSPS) is 17.9. The SMILES string of the molecule is CC(=O)Nc1cc(F)c(F)cc1NC(=O)CC1COCCN1. The van der Waals surface area contributed by atoms with Gasteiger partial charge >= 0.3 is 0 Å². The molecule has 0 radical (unpaired) electrons. The van der Waals surface area contributed by atoms with Crippen LogP contribution in [0.15, 0.2) is 12.1 Å². The summed E-state index contributed by atoms with van der Waals surface area (Å²) in [6.45, 7) is 2.88. The molecule has 0 aromatic heterocycles. The molecule has 1 heterocycles. The fraction of sp³-hybridized carbons (Fsp3) is 0.429. The average molecular weight is 313 g/mol. The molecule has 0 saturated carbocycles. The molecule has 1 saturated heterocycles. The van der Waals surface area contributed by atoms with Crippen LogP contribution in [0.25, 0.3) is 0 Å². The van der Waals surface area contributed by atoms with Gasteiger partial charge in [0.15, 0.2) is 11.6 Å². The number of carbonyl (C=O) groups excluding carboxylic acids is 2. The monoisotopic (exact) mass is 313 g/mol. The molecule has 120 valence electrons. The van der Waals surface area contributed by atoms with Crippen molar-refractivity contribution < 1.29 is 23.1 Å². The van der Waals surface area contributed by atoms with Gasteiger partial charge in [-0.05, 0) is 0 Å². The lowest BCUT2D eigenvalue weighted by molar-refractivity contribution is -0.117. The van der Waals surface area contributed by atoms with Gasteiger partial charge in [-0.25, -0.2) is 8.78 Å². The molecular weight excluding hydrogens is 296 g/mol. The average Bonchev–Trinajstić information content (AvgIpc) is 2.44. The molecule has 1 aromatic rings. The van der Waals surface area contributed by atoms with Crippen molar-refractivity contribution in [2.45, 2.75) is 19.4 Å². The molecule has 2 rings (SSSR count). The van der Waals surface area contributed by atoms with Gasteiger partial charge in [0.05, 0.1) is 24.6 Å². The zero-order chi connectivity index (χ0) is 16.1. The van der Waals surface area contributed by atoms with Gasteiger partial charge in [0, 0.05) is 38.1 Å². The number of nitrogens with one attached hydrogen (secondary N) is 3. The molecule has 22 heavy (non-hydrogen) atoms. The largest absolute Gasteiger partial charge is 0.378 e. The third kappa shape index (κ3) is 4.47. The standard InChI is InChI=1S/C14H17F2N3O3/c1-8(20)18-12-5-10(15)11(16)6-13(12)19-14(21)4-9-7-22-3-2-17-9/h5-6,9,17H,2-4,7H2,1H3,(H,18,20)(H,19,21). The van der Waals surface area contributed by atoms with E-state index >= 15 is 0 Å². The van der Waals surface area contributed by atoms with E-state index in [1.807, 2.05) is 0 Å². The van der Waals surface area contributed by atoms with Crippen molar-refractivity contribution in [3.63, 3.8) is 0 Å². The zero-order valence-electron chi connectivity index (χ0n) is 12.0. The van der Waals surface area contributed by atoms with Gasteiger partial charge < -0.3 is 20.7 Å². The summed E-state index contributed by atoms with van der Waals surface area (Å²) in [6, 6.07) is 1.53. The Morgan fingerprint density at radius 1 is 1.27 bits per heavy atom. The second kappa shape index (κ2) is 7.28. The van der Waals surface area contributed by atoms with Crippen LogP contribution in [0.5, 0.6) is 0 Å². The number of morpholine rings is 1. The lowest BCUT2D eigenvalue weighted by atomic mass is 10.1. The quantitative estimate of drug-likeness (QED) is 0.781. The molecule has 1 aromatic carbocycles. The molecular formula is C14H17F2N3O3. The highest BCUT2D eigenvalue weighted by atomic mass is 19.2. The lowest BCUT2D eigenvalue weighted by Gasteiger charge is -2.23. The number of carbonyl (C=O) groups is 2. The summed E-state index contributed by atoms with van der Waals surface area (Å²) in [4.78, 5) is 23.1. The van der Waals surface area contributed by atoms with Gasteiger partial charge in [-0.3, -0.25) is 9.59 Å². The third-order valence-corrected chi connectivity index (χ3v) is 3.08. The smallest absolute Gasteiger partial charge is 0.226 e. The Morgan fingerprint density at radius 3 is 2.45 bits per heavy atom. The van der Waals surface area contributed by atoms with E-state index in [2.05, 4.69) is 16.0 Å². The van der Waals surface area contributed by atoms with Crippen molar-refractivity contribution in [3.8, 4) is 0 Å². The molecule has 1 fully saturated rings. The minimum absolute atomic E-state index is 0.00704. The van der Waals surface area contributed by atoms with Crippen molar-refractivity contribution in [3.05, 3.63) is 23.8 Å². The highest BCUT2D eigenvalue weighted by molar-refractivity contribution is 5.99. The van der Waals surface area contributed by atoms with Crippen LogP contribution in [0, 0.1) is 11.6 Å². The topological polar surface area (TPSA) is 79.5 Å². The highest BCUT2D eigenvalue weighted by Gasteiger charge is 2.19. The van der Waals surface area contributed by atoms with Gasteiger partial charge in [-0.2, -0.15) is 0 Å². The van der Waals surface area contributed by atoms with Crippen LogP contribution in [0.1, 0.15) is 13.3 Å². The third-order valence-electron chi connectivity index (χ3n) is 3.08. The second-order valence-corrected chi connectivity index (χ2v) is 4.97. The highest BCUT2D eigenvalue weighted by Crippen LogP contribution is 2.25. The molecule has 1 unspecified atom stereocenters. The Morgan fingerprint density at radius 2 is 1.91 bits per heavy atom. The van der Waals surface area contributed by atoms with Crippen LogP contribution in [-0.2, 0) is 14.3 Å². The second-order valence-electron chi connectivity index (χ2n) is 4.97. The number of benzene rings is 1. The van der Waals surface area contributed by atoms with Crippen LogP contribution in [0.2, 0.25) is 0 Å². The first kappa shape index (κ1) is 16.3. The molecule has 0 aliphatic carbocycles. The Labute approximate surface area is 126 Å². The Balaban J connectivity index is 2.08. The Kier molecular flexibility index (Phi) is 5.40. The maximum Gasteiger partial charge on any atom is 0.226 e. The van der Waals surface area contributed by atoms with Crippen molar-refractivity contribution in [1.29, 1.82) is 0 Å². The number of hydrogen-bond acceptors (Lipinski definition) is 4. The number of ether oxygens (including phenoxy) is 1. The van der Waals surface area contributed by atoms with E-state index in [9.17, 15) is 18.4 Å². The summed E-state index contributed by atoms with van der Waals surface area (Å²) in [6.07, 6.45) is 0.124. The van der Waals surface area contributed by atoms with Crippen molar-refractivity contribution >= 4 is 23.2 Å². The molecule has 1 aliphatic heterocycles. The van der Waals surface area contributed by atoms with Crippen LogP contribution in [0.4, 0.5) is 20.2 Å².